The molecular formula is C29H52O4. The van der Waals surface area contributed by atoms with E-state index in [1.54, 1.807) is 0 Å². The highest BCUT2D eigenvalue weighted by molar-refractivity contribution is 5.81. The highest BCUT2D eigenvalue weighted by atomic mass is 16.5. The zero-order valence-corrected chi connectivity index (χ0v) is 22.4. The Morgan fingerprint density at radius 3 is 2.24 bits per heavy atom. The van der Waals surface area contributed by atoms with Gasteiger partial charge in [-0.1, -0.05) is 73.6 Å². The van der Waals surface area contributed by atoms with E-state index in [2.05, 4.69) is 41.5 Å². The molecule has 0 aromatic rings. The highest BCUT2D eigenvalue weighted by Gasteiger charge is 2.41. The zero-order valence-electron chi connectivity index (χ0n) is 22.4. The Bertz CT molecular complexity index is 599. The number of esters is 1. The third kappa shape index (κ3) is 9.61. The minimum absolute atomic E-state index is 0.0548. The number of aliphatic carboxylic acids is 1. The number of carbonyl (C=O) groups excluding carboxylic acids is 1. The van der Waals surface area contributed by atoms with Gasteiger partial charge in [0.2, 0.25) is 0 Å². The van der Waals surface area contributed by atoms with Crippen molar-refractivity contribution in [2.24, 2.45) is 40.9 Å². The van der Waals surface area contributed by atoms with E-state index in [0.717, 1.165) is 38.0 Å². The molecule has 5 unspecified atom stereocenters. The Kier molecular flexibility index (Phi) is 11.2. The Hall–Kier alpha value is -1.06. The fourth-order valence-electron chi connectivity index (χ4n) is 6.50. The van der Waals surface area contributed by atoms with Gasteiger partial charge in [-0.3, -0.25) is 9.59 Å². The number of rotatable bonds is 11. The molecule has 0 bridgehead atoms. The Morgan fingerprint density at radius 2 is 1.67 bits per heavy atom. The number of carbonyl (C=O) groups is 2. The first-order chi connectivity index (χ1) is 15.5. The maximum Gasteiger partial charge on any atom is 0.310 e. The minimum atomic E-state index is -0.838. The van der Waals surface area contributed by atoms with Crippen LogP contribution in [0, 0.1) is 40.9 Å². The molecule has 0 radical (unpaired) electrons. The van der Waals surface area contributed by atoms with Crippen molar-refractivity contribution in [2.45, 2.75) is 131 Å². The van der Waals surface area contributed by atoms with Gasteiger partial charge >= 0.3 is 11.9 Å². The van der Waals surface area contributed by atoms with E-state index >= 15 is 0 Å². The van der Waals surface area contributed by atoms with E-state index in [1.165, 1.54) is 38.5 Å². The van der Waals surface area contributed by atoms with Crippen molar-refractivity contribution in [1.82, 2.24) is 0 Å². The standard InChI is InChI=1S/C29H52O4/c1-7-8-9-22-12-14-23(15-13-22)26(17-11-21(3)19-29(4,5)6)33-28(32)24-16-10-20(2)18-25(24)27(30)31/h20-26H,7-19H2,1-6H3,(H,30,31). The van der Waals surface area contributed by atoms with Gasteiger partial charge < -0.3 is 9.84 Å². The van der Waals surface area contributed by atoms with Crippen LogP contribution in [0.5, 0.6) is 0 Å². The topological polar surface area (TPSA) is 63.6 Å². The molecule has 0 aromatic carbocycles. The Balaban J connectivity index is 2.03. The van der Waals surface area contributed by atoms with Crippen LogP contribution in [0.15, 0.2) is 0 Å². The van der Waals surface area contributed by atoms with Crippen LogP contribution >= 0.6 is 0 Å². The summed E-state index contributed by atoms with van der Waals surface area (Å²) in [6.45, 7) is 13.5. The van der Waals surface area contributed by atoms with Gasteiger partial charge in [-0.05, 0) is 80.5 Å². The summed E-state index contributed by atoms with van der Waals surface area (Å²) in [6, 6.07) is 0. The van der Waals surface area contributed by atoms with Crippen LogP contribution in [-0.2, 0) is 14.3 Å². The maximum absolute atomic E-state index is 13.3. The Labute approximate surface area is 203 Å². The van der Waals surface area contributed by atoms with Crippen LogP contribution in [0.3, 0.4) is 0 Å². The second-order valence-corrected chi connectivity index (χ2v) is 12.8. The average Bonchev–Trinajstić information content (AvgIpc) is 2.74. The van der Waals surface area contributed by atoms with Gasteiger partial charge in [0.15, 0.2) is 0 Å². The fourth-order valence-corrected chi connectivity index (χ4v) is 6.50. The van der Waals surface area contributed by atoms with E-state index in [4.69, 9.17) is 4.74 Å². The number of hydrogen-bond donors (Lipinski definition) is 1. The third-order valence-corrected chi connectivity index (χ3v) is 8.29. The molecule has 0 aliphatic heterocycles. The maximum atomic E-state index is 13.3. The first-order valence-electron chi connectivity index (χ1n) is 13.9. The van der Waals surface area contributed by atoms with Crippen LogP contribution < -0.4 is 0 Å². The molecular weight excluding hydrogens is 412 g/mol. The second-order valence-electron chi connectivity index (χ2n) is 12.8. The summed E-state index contributed by atoms with van der Waals surface area (Å²) >= 11 is 0. The van der Waals surface area contributed by atoms with Gasteiger partial charge in [-0.2, -0.15) is 0 Å². The largest absolute Gasteiger partial charge is 0.481 e. The minimum Gasteiger partial charge on any atom is -0.481 e. The van der Waals surface area contributed by atoms with Crippen molar-refractivity contribution < 1.29 is 19.4 Å². The summed E-state index contributed by atoms with van der Waals surface area (Å²) < 4.78 is 6.24. The lowest BCUT2D eigenvalue weighted by molar-refractivity contribution is -0.167. The van der Waals surface area contributed by atoms with Crippen molar-refractivity contribution in [2.75, 3.05) is 0 Å². The van der Waals surface area contributed by atoms with E-state index < -0.39 is 17.8 Å². The first-order valence-corrected chi connectivity index (χ1v) is 13.9. The molecule has 4 heteroatoms. The summed E-state index contributed by atoms with van der Waals surface area (Å²) in [4.78, 5) is 25.1. The molecule has 0 spiro atoms. The molecule has 4 nitrogen and oxygen atoms in total. The molecule has 0 amide bonds. The van der Waals surface area contributed by atoms with Gasteiger partial charge in [-0.15, -0.1) is 0 Å². The Morgan fingerprint density at radius 1 is 1.00 bits per heavy atom. The quantitative estimate of drug-likeness (QED) is 0.316. The lowest BCUT2D eigenvalue weighted by atomic mass is 9.74. The smallest absolute Gasteiger partial charge is 0.310 e. The lowest BCUT2D eigenvalue weighted by Crippen LogP contribution is -2.39. The molecule has 1 N–H and O–H groups in total. The van der Waals surface area contributed by atoms with Crippen LogP contribution in [0.4, 0.5) is 0 Å². The van der Waals surface area contributed by atoms with Crippen molar-refractivity contribution in [3.63, 3.8) is 0 Å². The molecule has 0 saturated heterocycles. The van der Waals surface area contributed by atoms with Crippen LogP contribution in [0.25, 0.3) is 0 Å². The van der Waals surface area contributed by atoms with Crippen molar-refractivity contribution in [3.05, 3.63) is 0 Å². The number of carboxylic acid groups (broad SMARTS) is 1. The van der Waals surface area contributed by atoms with Crippen LogP contribution in [0.2, 0.25) is 0 Å². The van der Waals surface area contributed by atoms with E-state index in [1.807, 2.05) is 0 Å². The number of hydrogen-bond acceptors (Lipinski definition) is 3. The van der Waals surface area contributed by atoms with E-state index in [9.17, 15) is 14.7 Å². The van der Waals surface area contributed by atoms with Gasteiger partial charge in [0.1, 0.15) is 6.10 Å². The predicted molar refractivity (Wildman–Crippen MR) is 135 cm³/mol. The lowest BCUT2D eigenvalue weighted by Gasteiger charge is -2.36. The average molecular weight is 465 g/mol. The normalized spacial score (nSPS) is 30.4. The van der Waals surface area contributed by atoms with Crippen molar-refractivity contribution >= 4 is 11.9 Å². The number of ether oxygens (including phenoxy) is 1. The van der Waals surface area contributed by atoms with E-state index in [0.29, 0.717) is 36.0 Å². The molecule has 2 aliphatic rings. The van der Waals surface area contributed by atoms with Crippen LogP contribution in [-0.4, -0.2) is 23.1 Å². The predicted octanol–water partition coefficient (Wildman–Crippen LogP) is 7.88. The fraction of sp³-hybridized carbons (Fsp3) is 0.931. The number of unbranched alkanes of at least 4 members (excludes halogenated alkanes) is 1. The van der Waals surface area contributed by atoms with Crippen molar-refractivity contribution in [1.29, 1.82) is 0 Å². The summed E-state index contributed by atoms with van der Waals surface area (Å²) in [5, 5.41) is 9.73. The van der Waals surface area contributed by atoms with Gasteiger partial charge in [-0.25, -0.2) is 0 Å². The summed E-state index contributed by atoms with van der Waals surface area (Å²) in [7, 11) is 0. The van der Waals surface area contributed by atoms with Crippen LogP contribution in [0.1, 0.15) is 125 Å². The molecule has 2 saturated carbocycles. The molecule has 192 valence electrons. The zero-order chi connectivity index (χ0) is 24.6. The molecule has 5 atom stereocenters. The monoisotopic (exact) mass is 464 g/mol. The molecule has 0 heterocycles. The SMILES string of the molecule is CCCCC1CCC(C(CCC(C)CC(C)(C)C)OC(=O)C2CCC(C)CC2C(=O)O)CC1. The summed E-state index contributed by atoms with van der Waals surface area (Å²) in [5.41, 5.74) is 0.302. The summed E-state index contributed by atoms with van der Waals surface area (Å²) in [6.07, 6.45) is 13.9. The van der Waals surface area contributed by atoms with Gasteiger partial charge in [0.25, 0.3) is 0 Å². The first kappa shape index (κ1) is 28.2. The second kappa shape index (κ2) is 13.1. The summed E-state index contributed by atoms with van der Waals surface area (Å²) in [5.74, 6) is 0.0665. The van der Waals surface area contributed by atoms with Crippen molar-refractivity contribution in [3.8, 4) is 0 Å². The molecule has 0 aromatic heterocycles. The third-order valence-electron chi connectivity index (χ3n) is 8.29. The molecule has 2 rings (SSSR count). The number of carboxylic acids is 1. The van der Waals surface area contributed by atoms with E-state index in [-0.39, 0.29) is 12.1 Å². The highest BCUT2D eigenvalue weighted by Crippen LogP contribution is 2.39. The van der Waals surface area contributed by atoms with Gasteiger partial charge in [0.05, 0.1) is 11.8 Å². The molecule has 33 heavy (non-hydrogen) atoms. The molecule has 2 aliphatic carbocycles. The molecule has 2 fully saturated rings. The van der Waals surface area contributed by atoms with Gasteiger partial charge in [0, 0.05) is 0 Å².